The molecule has 0 aromatic heterocycles. The Morgan fingerprint density at radius 2 is 2.12 bits per heavy atom. The van der Waals surface area contributed by atoms with Gasteiger partial charge in [0.2, 0.25) is 0 Å². The molecule has 4 heteroatoms. The van der Waals surface area contributed by atoms with E-state index in [1.807, 2.05) is 31.2 Å². The number of methoxy groups -OCH3 is 1. The van der Waals surface area contributed by atoms with Crippen molar-refractivity contribution in [3.63, 3.8) is 0 Å². The Morgan fingerprint density at radius 1 is 1.41 bits per heavy atom. The Morgan fingerprint density at radius 3 is 2.76 bits per heavy atom. The first-order chi connectivity index (χ1) is 8.19. The van der Waals surface area contributed by atoms with Crippen LogP contribution in [-0.2, 0) is 16.1 Å². The minimum Gasteiger partial charge on any atom is -0.479 e. The summed E-state index contributed by atoms with van der Waals surface area (Å²) < 4.78 is 10.2. The van der Waals surface area contributed by atoms with E-state index in [1.165, 1.54) is 7.11 Å². The number of hydrogen-bond donors (Lipinski definition) is 1. The van der Waals surface area contributed by atoms with Crippen molar-refractivity contribution in [2.75, 3.05) is 13.7 Å². The zero-order valence-electron chi connectivity index (χ0n) is 10.5. The van der Waals surface area contributed by atoms with Crippen molar-refractivity contribution in [3.05, 3.63) is 29.8 Å². The lowest BCUT2D eigenvalue weighted by Crippen LogP contribution is -2.25. The number of esters is 1. The van der Waals surface area contributed by atoms with Gasteiger partial charge in [0, 0.05) is 12.1 Å². The highest BCUT2D eigenvalue weighted by Crippen LogP contribution is 2.19. The van der Waals surface area contributed by atoms with Crippen molar-refractivity contribution in [2.24, 2.45) is 0 Å². The van der Waals surface area contributed by atoms with Gasteiger partial charge in [0.15, 0.2) is 6.10 Å². The van der Waals surface area contributed by atoms with E-state index in [1.54, 1.807) is 6.92 Å². The number of ether oxygens (including phenoxy) is 2. The van der Waals surface area contributed by atoms with Gasteiger partial charge in [-0.3, -0.25) is 0 Å². The number of carbonyl (C=O) groups excluding carboxylic acids is 1. The van der Waals surface area contributed by atoms with Gasteiger partial charge in [-0.2, -0.15) is 0 Å². The Balaban J connectivity index is 2.72. The standard InChI is InChI=1S/C13H19NO3/c1-4-14-9-11-7-5-6-8-12(11)17-10(2)13(15)16-3/h5-8,10,14H,4,9H2,1-3H3. The first-order valence-electron chi connectivity index (χ1n) is 5.72. The second-order valence-electron chi connectivity index (χ2n) is 3.67. The van der Waals surface area contributed by atoms with Gasteiger partial charge in [-0.15, -0.1) is 0 Å². The van der Waals surface area contributed by atoms with Gasteiger partial charge in [0.1, 0.15) is 5.75 Å². The lowest BCUT2D eigenvalue weighted by atomic mass is 10.2. The van der Waals surface area contributed by atoms with Gasteiger partial charge in [-0.25, -0.2) is 4.79 Å². The van der Waals surface area contributed by atoms with Gasteiger partial charge in [0.25, 0.3) is 0 Å². The molecule has 0 aliphatic heterocycles. The summed E-state index contributed by atoms with van der Waals surface area (Å²) in [5.74, 6) is 0.342. The number of nitrogens with one attached hydrogen (secondary N) is 1. The molecule has 0 saturated heterocycles. The molecule has 0 aliphatic rings. The van der Waals surface area contributed by atoms with Crippen molar-refractivity contribution < 1.29 is 14.3 Å². The van der Waals surface area contributed by atoms with E-state index >= 15 is 0 Å². The number of para-hydroxylation sites is 1. The van der Waals surface area contributed by atoms with E-state index in [2.05, 4.69) is 10.1 Å². The maximum absolute atomic E-state index is 11.3. The second-order valence-corrected chi connectivity index (χ2v) is 3.67. The van der Waals surface area contributed by atoms with Gasteiger partial charge in [-0.1, -0.05) is 25.1 Å². The molecule has 1 rings (SSSR count). The fraction of sp³-hybridized carbons (Fsp3) is 0.462. The van der Waals surface area contributed by atoms with Crippen LogP contribution in [0.1, 0.15) is 19.4 Å². The number of hydrogen-bond acceptors (Lipinski definition) is 4. The monoisotopic (exact) mass is 237 g/mol. The highest BCUT2D eigenvalue weighted by molar-refractivity contribution is 5.74. The topological polar surface area (TPSA) is 47.6 Å². The van der Waals surface area contributed by atoms with Crippen LogP contribution in [-0.4, -0.2) is 25.7 Å². The first-order valence-corrected chi connectivity index (χ1v) is 5.72. The molecule has 1 aromatic rings. The van der Waals surface area contributed by atoms with Crippen LogP contribution in [0.5, 0.6) is 5.75 Å². The first kappa shape index (κ1) is 13.5. The third-order valence-electron chi connectivity index (χ3n) is 2.37. The van der Waals surface area contributed by atoms with Crippen LogP contribution < -0.4 is 10.1 Å². The van der Waals surface area contributed by atoms with Gasteiger partial charge in [-0.05, 0) is 19.5 Å². The lowest BCUT2D eigenvalue weighted by Gasteiger charge is -2.15. The smallest absolute Gasteiger partial charge is 0.346 e. The molecule has 0 fully saturated rings. The normalized spacial score (nSPS) is 11.9. The van der Waals surface area contributed by atoms with Crippen LogP contribution in [0, 0.1) is 0 Å². The average molecular weight is 237 g/mol. The fourth-order valence-electron chi connectivity index (χ4n) is 1.43. The molecule has 0 saturated carbocycles. The Bertz CT molecular complexity index is 365. The molecular weight excluding hydrogens is 218 g/mol. The molecule has 0 bridgehead atoms. The number of benzene rings is 1. The van der Waals surface area contributed by atoms with E-state index in [0.717, 1.165) is 18.7 Å². The summed E-state index contributed by atoms with van der Waals surface area (Å²) in [6.07, 6.45) is -0.595. The molecule has 1 N–H and O–H groups in total. The highest BCUT2D eigenvalue weighted by atomic mass is 16.6. The Kier molecular flexibility index (Phi) is 5.49. The molecule has 4 nitrogen and oxygen atoms in total. The Hall–Kier alpha value is -1.55. The quantitative estimate of drug-likeness (QED) is 0.765. The molecular formula is C13H19NO3. The summed E-state index contributed by atoms with van der Waals surface area (Å²) in [6.45, 7) is 5.33. The molecule has 0 aliphatic carbocycles. The molecule has 17 heavy (non-hydrogen) atoms. The highest BCUT2D eigenvalue weighted by Gasteiger charge is 2.16. The third kappa shape index (κ3) is 4.07. The molecule has 1 aromatic carbocycles. The average Bonchev–Trinajstić information content (AvgIpc) is 2.36. The summed E-state index contributed by atoms with van der Waals surface area (Å²) >= 11 is 0. The van der Waals surface area contributed by atoms with E-state index < -0.39 is 6.10 Å². The molecule has 0 heterocycles. The maximum atomic E-state index is 11.3. The molecule has 0 amide bonds. The van der Waals surface area contributed by atoms with Gasteiger partial charge in [0.05, 0.1) is 7.11 Å². The van der Waals surface area contributed by atoms with E-state index in [4.69, 9.17) is 4.74 Å². The summed E-state index contributed by atoms with van der Waals surface area (Å²) in [6, 6.07) is 7.66. The van der Waals surface area contributed by atoms with Gasteiger partial charge < -0.3 is 14.8 Å². The number of carbonyl (C=O) groups is 1. The zero-order chi connectivity index (χ0) is 12.7. The molecule has 1 atom stereocenters. The molecule has 0 spiro atoms. The van der Waals surface area contributed by atoms with Crippen LogP contribution in [0.25, 0.3) is 0 Å². The van der Waals surface area contributed by atoms with E-state index in [0.29, 0.717) is 5.75 Å². The maximum Gasteiger partial charge on any atom is 0.346 e. The third-order valence-corrected chi connectivity index (χ3v) is 2.37. The summed E-state index contributed by atoms with van der Waals surface area (Å²) in [5, 5.41) is 3.23. The van der Waals surface area contributed by atoms with Crippen LogP contribution >= 0.6 is 0 Å². The van der Waals surface area contributed by atoms with Crippen molar-refractivity contribution in [1.82, 2.24) is 5.32 Å². The van der Waals surface area contributed by atoms with Crippen molar-refractivity contribution >= 4 is 5.97 Å². The molecule has 1 unspecified atom stereocenters. The zero-order valence-corrected chi connectivity index (χ0v) is 10.5. The van der Waals surface area contributed by atoms with Gasteiger partial charge >= 0.3 is 5.97 Å². The largest absolute Gasteiger partial charge is 0.479 e. The predicted molar refractivity (Wildman–Crippen MR) is 65.9 cm³/mol. The SMILES string of the molecule is CCNCc1ccccc1OC(C)C(=O)OC. The summed E-state index contributed by atoms with van der Waals surface area (Å²) in [7, 11) is 1.35. The van der Waals surface area contributed by atoms with Crippen molar-refractivity contribution in [2.45, 2.75) is 26.5 Å². The fourth-order valence-corrected chi connectivity index (χ4v) is 1.43. The predicted octanol–water partition coefficient (Wildman–Crippen LogP) is 1.74. The molecule has 94 valence electrons. The summed E-state index contributed by atoms with van der Waals surface area (Å²) in [4.78, 5) is 11.3. The number of rotatable bonds is 6. The van der Waals surface area contributed by atoms with E-state index in [9.17, 15) is 4.79 Å². The van der Waals surface area contributed by atoms with Crippen molar-refractivity contribution in [3.8, 4) is 5.75 Å². The van der Waals surface area contributed by atoms with Crippen LogP contribution in [0.3, 0.4) is 0 Å². The van der Waals surface area contributed by atoms with Crippen LogP contribution in [0.2, 0.25) is 0 Å². The lowest BCUT2D eigenvalue weighted by molar-refractivity contribution is -0.147. The van der Waals surface area contributed by atoms with Crippen molar-refractivity contribution in [1.29, 1.82) is 0 Å². The molecule has 0 radical (unpaired) electrons. The summed E-state index contributed by atoms with van der Waals surface area (Å²) in [5.41, 5.74) is 1.03. The Labute approximate surface area is 102 Å². The second kappa shape index (κ2) is 6.91. The minimum absolute atomic E-state index is 0.372. The minimum atomic E-state index is -0.595. The van der Waals surface area contributed by atoms with Crippen LogP contribution in [0.15, 0.2) is 24.3 Å². The van der Waals surface area contributed by atoms with E-state index in [-0.39, 0.29) is 5.97 Å². The van der Waals surface area contributed by atoms with Crippen LogP contribution in [0.4, 0.5) is 0 Å².